The van der Waals surface area contributed by atoms with Crippen LogP contribution in [0.15, 0.2) is 24.3 Å². The zero-order valence-corrected chi connectivity index (χ0v) is 11.2. The molecule has 1 amide bonds. The number of benzene rings is 1. The third kappa shape index (κ3) is 2.50. The van der Waals surface area contributed by atoms with Crippen molar-refractivity contribution in [1.29, 1.82) is 0 Å². The number of hydrogen-bond acceptors (Lipinski definition) is 2. The van der Waals surface area contributed by atoms with Crippen LogP contribution in [0.3, 0.4) is 0 Å². The van der Waals surface area contributed by atoms with Crippen molar-refractivity contribution in [3.63, 3.8) is 0 Å². The van der Waals surface area contributed by atoms with E-state index >= 15 is 0 Å². The quantitative estimate of drug-likeness (QED) is 0.868. The Balaban J connectivity index is 2.13. The van der Waals surface area contributed by atoms with Gasteiger partial charge in [-0.25, -0.2) is 13.6 Å². The molecule has 0 radical (unpaired) electrons. The second-order valence-electron chi connectivity index (χ2n) is 5.49. The molecule has 0 atom stereocenters. The molecule has 6 heteroatoms. The molecule has 1 aliphatic rings. The largest absolute Gasteiger partial charge is 0.465 e. The van der Waals surface area contributed by atoms with Gasteiger partial charge in [0.15, 0.2) is 5.78 Å². The van der Waals surface area contributed by atoms with Gasteiger partial charge in [-0.1, -0.05) is 24.3 Å². The minimum atomic E-state index is -2.94. The Morgan fingerprint density at radius 3 is 2.15 bits per heavy atom. The highest BCUT2D eigenvalue weighted by molar-refractivity contribution is 6.01. The van der Waals surface area contributed by atoms with E-state index in [0.717, 1.165) is 11.8 Å². The van der Waals surface area contributed by atoms with Crippen LogP contribution in [0.1, 0.15) is 29.8 Å². The molecule has 0 saturated carbocycles. The standard InChI is InChI=1S/C14H15F2NO3/c1-13(7-17(8-13)12(19)20)11(18)9-3-5-10(6-4-9)14(2,15)16/h3-6H,7-8H2,1-2H3,(H,19,20). The van der Waals surface area contributed by atoms with Crippen molar-refractivity contribution in [2.24, 2.45) is 5.41 Å². The normalized spacial score (nSPS) is 17.5. The lowest BCUT2D eigenvalue weighted by Crippen LogP contribution is -2.60. The molecular formula is C14H15F2NO3. The minimum absolute atomic E-state index is 0.132. The van der Waals surface area contributed by atoms with Crippen LogP contribution in [0, 0.1) is 5.41 Å². The van der Waals surface area contributed by atoms with Crippen molar-refractivity contribution in [1.82, 2.24) is 4.90 Å². The lowest BCUT2D eigenvalue weighted by atomic mass is 9.75. The van der Waals surface area contributed by atoms with Crippen LogP contribution in [0.25, 0.3) is 0 Å². The van der Waals surface area contributed by atoms with Gasteiger partial charge in [0.05, 0.1) is 5.41 Å². The molecule has 0 aliphatic carbocycles. The average Bonchev–Trinajstić information content (AvgIpc) is 2.33. The van der Waals surface area contributed by atoms with Gasteiger partial charge in [0.2, 0.25) is 0 Å². The number of likely N-dealkylation sites (tertiary alicyclic amines) is 1. The number of carboxylic acid groups (broad SMARTS) is 1. The van der Waals surface area contributed by atoms with Crippen molar-refractivity contribution in [3.05, 3.63) is 35.4 Å². The maximum atomic E-state index is 13.1. The number of alkyl halides is 2. The van der Waals surface area contributed by atoms with Crippen molar-refractivity contribution in [2.75, 3.05) is 13.1 Å². The summed E-state index contributed by atoms with van der Waals surface area (Å²) in [6.07, 6.45) is -1.06. The van der Waals surface area contributed by atoms with Crippen LogP contribution < -0.4 is 0 Å². The van der Waals surface area contributed by atoms with Crippen molar-refractivity contribution in [2.45, 2.75) is 19.8 Å². The fourth-order valence-electron chi connectivity index (χ4n) is 2.34. The molecule has 1 N–H and O–H groups in total. The highest BCUT2D eigenvalue weighted by atomic mass is 19.3. The molecule has 1 aromatic rings. The maximum Gasteiger partial charge on any atom is 0.407 e. The zero-order chi connectivity index (χ0) is 15.1. The van der Waals surface area contributed by atoms with Gasteiger partial charge in [-0.2, -0.15) is 0 Å². The summed E-state index contributed by atoms with van der Waals surface area (Å²) in [7, 11) is 0. The van der Waals surface area contributed by atoms with Gasteiger partial charge in [0, 0.05) is 31.1 Å². The molecule has 2 rings (SSSR count). The Hall–Kier alpha value is -1.98. The fraction of sp³-hybridized carbons (Fsp3) is 0.429. The number of carbonyl (C=O) groups is 2. The SMILES string of the molecule is CC1(C(=O)c2ccc(C(C)(F)F)cc2)CN(C(=O)O)C1. The zero-order valence-electron chi connectivity index (χ0n) is 11.2. The number of halogens is 2. The second-order valence-corrected chi connectivity index (χ2v) is 5.49. The molecule has 1 aromatic carbocycles. The number of ketones is 1. The van der Waals surface area contributed by atoms with E-state index in [4.69, 9.17) is 5.11 Å². The highest BCUT2D eigenvalue weighted by Gasteiger charge is 2.47. The van der Waals surface area contributed by atoms with E-state index in [-0.39, 0.29) is 24.4 Å². The second kappa shape index (κ2) is 4.54. The van der Waals surface area contributed by atoms with Gasteiger partial charge in [-0.3, -0.25) is 4.79 Å². The molecule has 1 heterocycles. The predicted molar refractivity (Wildman–Crippen MR) is 68.0 cm³/mol. The molecule has 0 aromatic heterocycles. The monoisotopic (exact) mass is 283 g/mol. The Morgan fingerprint density at radius 2 is 1.75 bits per heavy atom. The number of Topliss-reactive ketones (excluding diaryl/α,β-unsaturated/α-hetero) is 1. The summed E-state index contributed by atoms with van der Waals surface area (Å²) < 4.78 is 26.2. The summed E-state index contributed by atoms with van der Waals surface area (Å²) in [6, 6.07) is 5.18. The van der Waals surface area contributed by atoms with Crippen LogP contribution in [0.4, 0.5) is 13.6 Å². The van der Waals surface area contributed by atoms with Gasteiger partial charge < -0.3 is 10.0 Å². The van der Waals surface area contributed by atoms with Crippen LogP contribution in [0.2, 0.25) is 0 Å². The van der Waals surface area contributed by atoms with E-state index in [1.54, 1.807) is 6.92 Å². The summed E-state index contributed by atoms with van der Waals surface area (Å²) in [5.74, 6) is -3.16. The maximum absolute atomic E-state index is 13.1. The summed E-state index contributed by atoms with van der Waals surface area (Å²) in [5, 5.41) is 8.78. The van der Waals surface area contributed by atoms with Crippen molar-refractivity contribution < 1.29 is 23.5 Å². The van der Waals surface area contributed by atoms with Crippen LogP contribution in [-0.4, -0.2) is 35.0 Å². The first-order valence-corrected chi connectivity index (χ1v) is 6.14. The van der Waals surface area contributed by atoms with Crippen LogP contribution >= 0.6 is 0 Å². The number of amides is 1. The lowest BCUT2D eigenvalue weighted by Gasteiger charge is -2.45. The highest BCUT2D eigenvalue weighted by Crippen LogP contribution is 2.34. The number of rotatable bonds is 3. The predicted octanol–water partition coefficient (Wildman–Crippen LogP) is 2.98. The molecule has 1 fully saturated rings. The Morgan fingerprint density at radius 1 is 1.25 bits per heavy atom. The number of carbonyl (C=O) groups excluding carboxylic acids is 1. The van der Waals surface area contributed by atoms with E-state index in [9.17, 15) is 18.4 Å². The van der Waals surface area contributed by atoms with Gasteiger partial charge in [0.1, 0.15) is 0 Å². The van der Waals surface area contributed by atoms with Crippen LogP contribution in [-0.2, 0) is 5.92 Å². The third-order valence-electron chi connectivity index (χ3n) is 3.55. The first-order valence-electron chi connectivity index (χ1n) is 6.14. The molecule has 108 valence electrons. The molecule has 1 saturated heterocycles. The van der Waals surface area contributed by atoms with Gasteiger partial charge in [-0.15, -0.1) is 0 Å². The molecule has 0 unspecified atom stereocenters. The van der Waals surface area contributed by atoms with E-state index in [1.807, 2.05) is 0 Å². The molecule has 1 aliphatic heterocycles. The minimum Gasteiger partial charge on any atom is -0.465 e. The summed E-state index contributed by atoms with van der Waals surface area (Å²) in [4.78, 5) is 24.1. The smallest absolute Gasteiger partial charge is 0.407 e. The Labute approximate surface area is 115 Å². The van der Waals surface area contributed by atoms with Crippen molar-refractivity contribution >= 4 is 11.9 Å². The first-order chi connectivity index (χ1) is 9.13. The molecular weight excluding hydrogens is 268 g/mol. The van der Waals surface area contributed by atoms with Gasteiger partial charge in [-0.05, 0) is 6.92 Å². The van der Waals surface area contributed by atoms with E-state index in [1.165, 1.54) is 24.3 Å². The first kappa shape index (κ1) is 14.4. The van der Waals surface area contributed by atoms with E-state index < -0.39 is 17.4 Å². The van der Waals surface area contributed by atoms with E-state index in [2.05, 4.69) is 0 Å². The van der Waals surface area contributed by atoms with Crippen LogP contribution in [0.5, 0.6) is 0 Å². The third-order valence-corrected chi connectivity index (χ3v) is 3.55. The molecule has 4 nitrogen and oxygen atoms in total. The van der Waals surface area contributed by atoms with Crippen molar-refractivity contribution in [3.8, 4) is 0 Å². The number of nitrogens with zero attached hydrogens (tertiary/aromatic N) is 1. The fourth-order valence-corrected chi connectivity index (χ4v) is 2.34. The Kier molecular flexibility index (Phi) is 3.28. The number of hydrogen-bond donors (Lipinski definition) is 1. The molecule has 20 heavy (non-hydrogen) atoms. The summed E-state index contributed by atoms with van der Waals surface area (Å²) in [6.45, 7) is 2.73. The topological polar surface area (TPSA) is 57.6 Å². The Bertz CT molecular complexity index is 543. The van der Waals surface area contributed by atoms with Gasteiger partial charge >= 0.3 is 6.09 Å². The lowest BCUT2D eigenvalue weighted by molar-refractivity contribution is 0.0170. The summed E-state index contributed by atoms with van der Waals surface area (Å²) >= 11 is 0. The molecule has 0 spiro atoms. The van der Waals surface area contributed by atoms with E-state index in [0.29, 0.717) is 5.56 Å². The average molecular weight is 283 g/mol. The summed E-state index contributed by atoms with van der Waals surface area (Å²) in [5.41, 5.74) is -0.597. The van der Waals surface area contributed by atoms with Gasteiger partial charge in [0.25, 0.3) is 5.92 Å². The molecule has 0 bridgehead atoms.